The van der Waals surface area contributed by atoms with Crippen molar-refractivity contribution in [3.05, 3.63) is 181 Å². The summed E-state index contributed by atoms with van der Waals surface area (Å²) in [4.78, 5) is 0. The Labute approximate surface area is 311 Å². The van der Waals surface area contributed by atoms with Crippen molar-refractivity contribution < 1.29 is 41.1 Å². The first kappa shape index (κ1) is 10.0. The van der Waals surface area contributed by atoms with Gasteiger partial charge in [-0.1, -0.05) is 163 Å². The standard InChI is InChI=1S/C46H30/c1-2-10-31(11-3-1)39-26-27-43-44(30-39)46(40-25-21-33-13-5-7-15-37(33)29-40)42-17-9-8-16-41(42)45(43)35-22-18-34(19-23-35)38-24-20-32-12-4-6-14-36(32)28-38/h1-30H/i1D,2D,3D,4D,5D,6D,7D,8D,9D,10D,11D,12D,13D,14D,15D,16D,17D,18D,19D,20D,21D,22D,23D,24D,25D,26D,27D,28D,29D,30D. The maximum absolute atomic E-state index is 9.97. The van der Waals surface area contributed by atoms with E-state index in [4.69, 9.17) is 26.0 Å². The van der Waals surface area contributed by atoms with Gasteiger partial charge in [0.2, 0.25) is 0 Å². The maximum Gasteiger partial charge on any atom is 0.0636 e. The predicted octanol–water partition coefficient (Wildman–Crippen LogP) is 13.0. The highest BCUT2D eigenvalue weighted by Gasteiger charge is 2.18. The Morgan fingerprint density at radius 1 is 0.239 bits per heavy atom. The van der Waals surface area contributed by atoms with Crippen molar-refractivity contribution in [1.82, 2.24) is 0 Å². The quantitative estimate of drug-likeness (QED) is 0.173. The van der Waals surface area contributed by atoms with Crippen LogP contribution in [0.25, 0.3) is 87.6 Å². The summed E-state index contributed by atoms with van der Waals surface area (Å²) in [5.74, 6) is 0. The summed E-state index contributed by atoms with van der Waals surface area (Å²) >= 11 is 0. The van der Waals surface area contributed by atoms with Gasteiger partial charge >= 0.3 is 0 Å². The van der Waals surface area contributed by atoms with Gasteiger partial charge in [-0.05, 0) is 106 Å². The van der Waals surface area contributed by atoms with E-state index in [0.29, 0.717) is 0 Å². The van der Waals surface area contributed by atoms with Gasteiger partial charge in [0.05, 0.1) is 41.1 Å². The lowest BCUT2D eigenvalue weighted by atomic mass is 9.84. The van der Waals surface area contributed by atoms with Gasteiger partial charge in [-0.2, -0.15) is 0 Å². The van der Waals surface area contributed by atoms with Gasteiger partial charge in [-0.3, -0.25) is 0 Å². The van der Waals surface area contributed by atoms with Crippen molar-refractivity contribution in [2.24, 2.45) is 0 Å². The molecule has 0 N–H and O–H groups in total. The molecule has 0 amide bonds. The summed E-state index contributed by atoms with van der Waals surface area (Å²) in [6.07, 6.45) is 0. The summed E-state index contributed by atoms with van der Waals surface area (Å²) < 4.78 is 269. The molecule has 0 aliphatic heterocycles. The molecule has 0 heteroatoms. The molecule has 9 aromatic rings. The zero-order valence-electron chi connectivity index (χ0n) is 53.0. The Morgan fingerprint density at radius 2 is 0.652 bits per heavy atom. The molecule has 0 radical (unpaired) electrons. The summed E-state index contributed by atoms with van der Waals surface area (Å²) in [5.41, 5.74) is -6.97. The first-order valence-electron chi connectivity index (χ1n) is 28.5. The molecule has 9 aromatic carbocycles. The highest BCUT2D eigenvalue weighted by atomic mass is 14.2. The van der Waals surface area contributed by atoms with Crippen LogP contribution in [0.1, 0.15) is 41.1 Å². The molecule has 0 aliphatic carbocycles. The van der Waals surface area contributed by atoms with E-state index in [1.807, 2.05) is 0 Å². The molecule has 0 heterocycles. The van der Waals surface area contributed by atoms with Gasteiger partial charge in [0.25, 0.3) is 0 Å². The average molecular weight is 613 g/mol. The molecule has 0 aromatic heterocycles. The number of hydrogen-bond acceptors (Lipinski definition) is 0. The normalized spacial score (nSPS) is 20.6. The van der Waals surface area contributed by atoms with Crippen molar-refractivity contribution >= 4 is 43.1 Å². The summed E-state index contributed by atoms with van der Waals surface area (Å²) in [6.45, 7) is 0. The van der Waals surface area contributed by atoms with Crippen molar-refractivity contribution in [2.45, 2.75) is 0 Å². The fourth-order valence-electron chi connectivity index (χ4n) is 5.09. The fourth-order valence-corrected chi connectivity index (χ4v) is 5.09. The number of fused-ring (bicyclic) bond motifs is 4. The highest BCUT2D eigenvalue weighted by Crippen LogP contribution is 2.45. The van der Waals surface area contributed by atoms with Crippen LogP contribution in [0.3, 0.4) is 0 Å². The smallest absolute Gasteiger partial charge is 0.0622 e. The van der Waals surface area contributed by atoms with E-state index in [1.165, 1.54) is 0 Å². The molecule has 0 atom stereocenters. The lowest BCUT2D eigenvalue weighted by molar-refractivity contribution is 1.62. The van der Waals surface area contributed by atoms with Crippen LogP contribution in [-0.4, -0.2) is 0 Å². The minimum atomic E-state index is -1.16. The Bertz CT molecular complexity index is 4220. The molecule has 0 saturated heterocycles. The lowest BCUT2D eigenvalue weighted by Crippen LogP contribution is -1.92. The number of benzene rings is 9. The predicted molar refractivity (Wildman–Crippen MR) is 198 cm³/mol. The second kappa shape index (κ2) is 10.9. The molecule has 0 fully saturated rings. The van der Waals surface area contributed by atoms with E-state index in [-0.39, 0.29) is 0 Å². The minimum absolute atomic E-state index is 0.567. The largest absolute Gasteiger partial charge is 0.0636 e. The minimum Gasteiger partial charge on any atom is -0.0622 e. The maximum atomic E-state index is 9.97. The van der Waals surface area contributed by atoms with Crippen molar-refractivity contribution in [3.63, 3.8) is 0 Å². The average Bonchev–Trinajstić information content (AvgIpc) is 3.38. The number of rotatable bonds is 4. The Kier molecular flexibility index (Phi) is 2.37. The van der Waals surface area contributed by atoms with Crippen LogP contribution in [0.15, 0.2) is 181 Å². The summed E-state index contributed by atoms with van der Waals surface area (Å²) in [7, 11) is 0. The molecular weight excluding hydrogens is 553 g/mol. The summed E-state index contributed by atoms with van der Waals surface area (Å²) in [6, 6.07) is -29.7. The monoisotopic (exact) mass is 612 g/mol. The van der Waals surface area contributed by atoms with Crippen LogP contribution in [0.5, 0.6) is 0 Å². The van der Waals surface area contributed by atoms with E-state index < -0.39 is 269 Å². The van der Waals surface area contributed by atoms with Crippen LogP contribution in [0.4, 0.5) is 0 Å². The zero-order chi connectivity index (χ0) is 56.6. The highest BCUT2D eigenvalue weighted by molar-refractivity contribution is 6.22. The molecular formula is C46H30. The van der Waals surface area contributed by atoms with Crippen LogP contribution in [0.2, 0.25) is 0 Å². The second-order valence-corrected chi connectivity index (χ2v) is 9.75. The van der Waals surface area contributed by atoms with E-state index in [1.54, 1.807) is 0 Å². The fraction of sp³-hybridized carbons (Fsp3) is 0. The lowest BCUT2D eigenvalue weighted by Gasteiger charge is -2.19. The van der Waals surface area contributed by atoms with E-state index in [2.05, 4.69) is 0 Å². The van der Waals surface area contributed by atoms with Crippen molar-refractivity contribution in [2.75, 3.05) is 0 Å². The van der Waals surface area contributed by atoms with Gasteiger partial charge in [0.15, 0.2) is 0 Å². The molecule has 46 heavy (non-hydrogen) atoms. The zero-order valence-corrected chi connectivity index (χ0v) is 23.0. The van der Waals surface area contributed by atoms with Crippen LogP contribution in [0, 0.1) is 0 Å². The summed E-state index contributed by atoms with van der Waals surface area (Å²) in [5, 5.41) is -5.94. The first-order valence-corrected chi connectivity index (χ1v) is 13.5. The second-order valence-electron chi connectivity index (χ2n) is 9.75. The Balaban J connectivity index is 1.61. The van der Waals surface area contributed by atoms with Crippen LogP contribution >= 0.6 is 0 Å². The molecule has 0 aliphatic rings. The third kappa shape index (κ3) is 4.47. The van der Waals surface area contributed by atoms with E-state index in [9.17, 15) is 15.1 Å². The number of hydrogen-bond donors (Lipinski definition) is 0. The molecule has 0 bridgehead atoms. The van der Waals surface area contributed by atoms with Gasteiger partial charge in [-0.25, -0.2) is 0 Å². The van der Waals surface area contributed by atoms with Gasteiger partial charge < -0.3 is 0 Å². The molecule has 9 rings (SSSR count). The molecule has 0 nitrogen and oxygen atoms in total. The third-order valence-corrected chi connectivity index (χ3v) is 7.12. The Morgan fingerprint density at radius 3 is 1.33 bits per heavy atom. The molecule has 0 unspecified atom stereocenters. The molecule has 0 spiro atoms. The van der Waals surface area contributed by atoms with Crippen molar-refractivity contribution in [3.8, 4) is 44.5 Å². The van der Waals surface area contributed by atoms with Crippen LogP contribution in [-0.2, 0) is 0 Å². The Hall–Kier alpha value is -5.98. The van der Waals surface area contributed by atoms with Gasteiger partial charge in [0.1, 0.15) is 0 Å². The third-order valence-electron chi connectivity index (χ3n) is 7.12. The van der Waals surface area contributed by atoms with Gasteiger partial charge in [0, 0.05) is 0 Å². The van der Waals surface area contributed by atoms with Gasteiger partial charge in [-0.15, -0.1) is 0 Å². The van der Waals surface area contributed by atoms with Crippen molar-refractivity contribution in [1.29, 1.82) is 0 Å². The topological polar surface area (TPSA) is 0 Å². The van der Waals surface area contributed by atoms with E-state index in [0.717, 1.165) is 0 Å². The van der Waals surface area contributed by atoms with Crippen LogP contribution < -0.4 is 0 Å². The molecule has 214 valence electrons. The van der Waals surface area contributed by atoms with E-state index >= 15 is 0 Å². The molecule has 0 saturated carbocycles. The first-order chi connectivity index (χ1) is 35.3. The SMILES string of the molecule is [2H]c1c([2H])c([2H])c(-c2c([2H])c([2H])c3c(-c4c([2H])c([2H])c(-c5c([2H])c([2H])c6c([2H])c([2H])c([2H])c([2H])c6c5[2H])c([2H])c4[2H])c4c([2H])c([2H])c([2H])c([2H])c4c(-c4c([2H])c([2H])c5c([2H])c([2H])c([2H])c([2H])c5c4[2H])c3c2[2H])c([2H])c1[2H].